The number of ether oxygens (including phenoxy) is 1. The fourth-order valence-corrected chi connectivity index (χ4v) is 3.54. The zero-order valence-electron chi connectivity index (χ0n) is 19.2. The van der Waals surface area contributed by atoms with Gasteiger partial charge in [-0.15, -0.1) is 0 Å². The number of hydrogen-bond donors (Lipinski definition) is 2. The van der Waals surface area contributed by atoms with Gasteiger partial charge in [0.25, 0.3) is 0 Å². The van der Waals surface area contributed by atoms with Crippen molar-refractivity contribution >= 4 is 11.7 Å². The lowest BCUT2D eigenvalue weighted by atomic mass is 10.1. The van der Waals surface area contributed by atoms with Gasteiger partial charge in [-0.25, -0.2) is 4.79 Å². The van der Waals surface area contributed by atoms with Gasteiger partial charge in [0.05, 0.1) is 6.61 Å². The average molecular weight is 425 g/mol. The summed E-state index contributed by atoms with van der Waals surface area (Å²) in [5, 5.41) is 5.80. The summed E-state index contributed by atoms with van der Waals surface area (Å²) in [5.41, 5.74) is 2.12. The maximum atomic E-state index is 12.0. The summed E-state index contributed by atoms with van der Waals surface area (Å²) in [5.74, 6) is 0.856. The van der Waals surface area contributed by atoms with Crippen LogP contribution in [0, 0.1) is 0 Å². The summed E-state index contributed by atoms with van der Waals surface area (Å²) in [4.78, 5) is 12.0. The number of rotatable bonds is 16. The molecule has 0 unspecified atom stereocenters. The molecule has 0 aromatic heterocycles. The topological polar surface area (TPSA) is 50.4 Å². The van der Waals surface area contributed by atoms with Crippen molar-refractivity contribution in [1.29, 1.82) is 0 Å². The number of unbranched alkanes of at least 4 members (excludes halogenated alkanes) is 8. The van der Waals surface area contributed by atoms with E-state index in [1.165, 1.54) is 50.5 Å². The molecule has 0 aliphatic rings. The first-order chi connectivity index (χ1) is 15.3. The molecule has 0 heterocycles. The normalized spacial score (nSPS) is 10.6. The predicted molar refractivity (Wildman–Crippen MR) is 131 cm³/mol. The lowest BCUT2D eigenvalue weighted by molar-refractivity contribution is 0.252. The van der Waals surface area contributed by atoms with Crippen molar-refractivity contribution in [2.45, 2.75) is 77.6 Å². The highest BCUT2D eigenvalue weighted by Gasteiger charge is 2.02. The van der Waals surface area contributed by atoms with E-state index in [1.54, 1.807) is 0 Å². The Morgan fingerprint density at radius 2 is 1.45 bits per heavy atom. The number of urea groups is 1. The number of benzene rings is 2. The molecule has 0 fully saturated rings. The predicted octanol–water partition coefficient (Wildman–Crippen LogP) is 7.35. The minimum absolute atomic E-state index is 0.160. The minimum atomic E-state index is -0.160. The second kappa shape index (κ2) is 16.2. The van der Waals surface area contributed by atoms with E-state index in [9.17, 15) is 4.79 Å². The molecular formula is C27H40N2O2. The molecule has 0 saturated carbocycles. The molecule has 0 radical (unpaired) electrons. The second-order valence-electron chi connectivity index (χ2n) is 8.17. The van der Waals surface area contributed by atoms with Crippen molar-refractivity contribution in [2.75, 3.05) is 18.5 Å². The Balaban J connectivity index is 1.49. The van der Waals surface area contributed by atoms with E-state index in [2.05, 4.69) is 41.8 Å². The number of carbonyl (C=O) groups is 1. The molecule has 0 aliphatic heterocycles. The first-order valence-corrected chi connectivity index (χ1v) is 12.1. The number of carbonyl (C=O) groups excluding carboxylic acids is 1. The van der Waals surface area contributed by atoms with Crippen LogP contribution in [0.15, 0.2) is 54.6 Å². The molecule has 2 N–H and O–H groups in total. The Morgan fingerprint density at radius 3 is 2.16 bits per heavy atom. The van der Waals surface area contributed by atoms with Crippen molar-refractivity contribution in [3.63, 3.8) is 0 Å². The van der Waals surface area contributed by atoms with Crippen LogP contribution < -0.4 is 15.4 Å². The monoisotopic (exact) mass is 424 g/mol. The zero-order chi connectivity index (χ0) is 22.0. The standard InChI is InChI=1S/C27H40N2O2/c1-2-3-4-5-6-7-8-14-23-31-26-20-18-25(19-21-26)29-27(30)28-22-13-12-17-24-15-10-9-11-16-24/h9-11,15-16,18-21H,2-8,12-14,17,22-23H2,1H3,(H2,28,29,30). The van der Waals surface area contributed by atoms with Crippen molar-refractivity contribution in [3.8, 4) is 5.75 Å². The summed E-state index contributed by atoms with van der Waals surface area (Å²) < 4.78 is 5.81. The maximum absolute atomic E-state index is 12.0. The van der Waals surface area contributed by atoms with E-state index in [4.69, 9.17) is 4.74 Å². The highest BCUT2D eigenvalue weighted by molar-refractivity contribution is 5.89. The van der Waals surface area contributed by atoms with Crippen LogP contribution in [-0.2, 0) is 6.42 Å². The van der Waals surface area contributed by atoms with Crippen molar-refractivity contribution in [3.05, 3.63) is 60.2 Å². The molecule has 0 atom stereocenters. The van der Waals surface area contributed by atoms with E-state index in [0.29, 0.717) is 6.54 Å². The zero-order valence-corrected chi connectivity index (χ0v) is 19.2. The van der Waals surface area contributed by atoms with Crippen molar-refractivity contribution in [1.82, 2.24) is 5.32 Å². The number of hydrogen-bond acceptors (Lipinski definition) is 2. The van der Waals surface area contributed by atoms with Gasteiger partial charge in [0, 0.05) is 12.2 Å². The summed E-state index contributed by atoms with van der Waals surface area (Å²) in [6, 6.07) is 17.9. The van der Waals surface area contributed by atoms with Gasteiger partial charge in [-0.2, -0.15) is 0 Å². The van der Waals surface area contributed by atoms with Gasteiger partial charge >= 0.3 is 6.03 Å². The highest BCUT2D eigenvalue weighted by Crippen LogP contribution is 2.16. The van der Waals surface area contributed by atoms with Crippen LogP contribution in [0.5, 0.6) is 5.75 Å². The van der Waals surface area contributed by atoms with Crippen molar-refractivity contribution in [2.24, 2.45) is 0 Å². The molecule has 2 amide bonds. The van der Waals surface area contributed by atoms with Crippen LogP contribution in [-0.4, -0.2) is 19.2 Å². The average Bonchev–Trinajstić information content (AvgIpc) is 2.79. The van der Waals surface area contributed by atoms with Gasteiger partial charge < -0.3 is 15.4 Å². The Bertz CT molecular complexity index is 701. The number of amides is 2. The van der Waals surface area contributed by atoms with Crippen LogP contribution in [0.4, 0.5) is 10.5 Å². The van der Waals surface area contributed by atoms with Gasteiger partial charge in [0.1, 0.15) is 5.75 Å². The van der Waals surface area contributed by atoms with E-state index >= 15 is 0 Å². The van der Waals surface area contributed by atoms with Gasteiger partial charge in [-0.05, 0) is 55.5 Å². The molecule has 31 heavy (non-hydrogen) atoms. The van der Waals surface area contributed by atoms with Crippen LogP contribution in [0.25, 0.3) is 0 Å². The summed E-state index contributed by atoms with van der Waals surface area (Å²) in [6.45, 7) is 3.69. The van der Waals surface area contributed by atoms with Crippen molar-refractivity contribution < 1.29 is 9.53 Å². The lowest BCUT2D eigenvalue weighted by Crippen LogP contribution is -2.29. The van der Waals surface area contributed by atoms with Crippen LogP contribution in [0.2, 0.25) is 0 Å². The van der Waals surface area contributed by atoms with Gasteiger partial charge in [-0.1, -0.05) is 82.2 Å². The Kier molecular flexibility index (Phi) is 13.0. The fraction of sp³-hybridized carbons (Fsp3) is 0.519. The summed E-state index contributed by atoms with van der Waals surface area (Å²) >= 11 is 0. The van der Waals surface area contributed by atoms with Crippen LogP contribution in [0.3, 0.4) is 0 Å². The molecule has 0 saturated heterocycles. The molecule has 0 bridgehead atoms. The van der Waals surface area contributed by atoms with Crippen LogP contribution >= 0.6 is 0 Å². The number of anilines is 1. The number of nitrogens with one attached hydrogen (secondary N) is 2. The fourth-order valence-electron chi connectivity index (χ4n) is 3.54. The highest BCUT2D eigenvalue weighted by atomic mass is 16.5. The molecule has 170 valence electrons. The smallest absolute Gasteiger partial charge is 0.319 e. The van der Waals surface area contributed by atoms with Crippen LogP contribution in [0.1, 0.15) is 76.7 Å². The maximum Gasteiger partial charge on any atom is 0.319 e. The summed E-state index contributed by atoms with van der Waals surface area (Å²) in [6.07, 6.45) is 13.5. The minimum Gasteiger partial charge on any atom is -0.494 e. The summed E-state index contributed by atoms with van der Waals surface area (Å²) in [7, 11) is 0. The third-order valence-corrected chi connectivity index (χ3v) is 5.40. The first-order valence-electron chi connectivity index (χ1n) is 12.1. The number of aryl methyl sites for hydroxylation is 1. The molecule has 4 nitrogen and oxygen atoms in total. The quantitative estimate of drug-likeness (QED) is 0.277. The van der Waals surface area contributed by atoms with Gasteiger partial charge in [-0.3, -0.25) is 0 Å². The van der Waals surface area contributed by atoms with E-state index < -0.39 is 0 Å². The Hall–Kier alpha value is -2.49. The first kappa shape index (κ1) is 24.8. The van der Waals surface area contributed by atoms with E-state index in [1.807, 2.05) is 30.3 Å². The van der Waals surface area contributed by atoms with E-state index in [-0.39, 0.29) is 6.03 Å². The van der Waals surface area contributed by atoms with E-state index in [0.717, 1.165) is 43.7 Å². The SMILES string of the molecule is CCCCCCCCCCOc1ccc(NC(=O)NCCCCc2ccccc2)cc1. The Morgan fingerprint density at radius 1 is 0.774 bits per heavy atom. The third kappa shape index (κ3) is 12.1. The Labute approximate surface area is 188 Å². The largest absolute Gasteiger partial charge is 0.494 e. The third-order valence-electron chi connectivity index (χ3n) is 5.40. The molecule has 0 spiro atoms. The molecular weight excluding hydrogens is 384 g/mol. The molecule has 2 aromatic rings. The molecule has 2 rings (SSSR count). The molecule has 0 aliphatic carbocycles. The molecule has 4 heteroatoms. The lowest BCUT2D eigenvalue weighted by Gasteiger charge is -2.09. The van der Waals surface area contributed by atoms with Gasteiger partial charge in [0.2, 0.25) is 0 Å². The van der Waals surface area contributed by atoms with Gasteiger partial charge in [0.15, 0.2) is 0 Å². The second-order valence-corrected chi connectivity index (χ2v) is 8.17. The molecule has 2 aromatic carbocycles.